The number of thiazole rings is 1. The molecule has 0 saturated heterocycles. The van der Waals surface area contributed by atoms with Crippen molar-refractivity contribution in [3.8, 4) is 0 Å². The van der Waals surface area contributed by atoms with Crippen molar-refractivity contribution in [3.63, 3.8) is 0 Å². The number of rotatable bonds is 5. The Morgan fingerprint density at radius 1 is 1.33 bits per heavy atom. The maximum atomic E-state index is 10.5. The van der Waals surface area contributed by atoms with Gasteiger partial charge in [-0.15, -0.1) is 11.3 Å². The maximum Gasteiger partial charge on any atom is 0.264 e. The molecule has 0 saturated carbocycles. The van der Waals surface area contributed by atoms with Crippen LogP contribution < -0.4 is 0 Å². The van der Waals surface area contributed by atoms with Gasteiger partial charge in [0.25, 0.3) is 10.1 Å². The molecule has 0 aliphatic carbocycles. The smallest absolute Gasteiger partial charge is 0.264 e. The second kappa shape index (κ2) is 7.70. The van der Waals surface area contributed by atoms with Crippen LogP contribution in [0.1, 0.15) is 6.42 Å². The van der Waals surface area contributed by atoms with E-state index in [2.05, 4.69) is 4.98 Å². The molecule has 0 atom stereocenters. The van der Waals surface area contributed by atoms with E-state index in [-0.39, 0.29) is 57.1 Å². The number of fused-ring (bicyclic) bond motifs is 1. The van der Waals surface area contributed by atoms with E-state index in [0.29, 0.717) is 12.2 Å². The monoisotopic (exact) mass is 328 g/mol. The Morgan fingerprint density at radius 3 is 2.72 bits per heavy atom. The van der Waals surface area contributed by atoms with Gasteiger partial charge in [-0.3, -0.25) is 4.55 Å². The number of aromatic nitrogens is 1. The standard InChI is InChI=1S/C10H11NO3S3.K/c12-17(13,14)7-3-6-15-10-11-8-4-1-2-5-9(8)16-10;/h1-2,4-5H,3,6-7H2,(H,12,13,14);. The molecule has 1 aromatic carbocycles. The largest absolute Gasteiger partial charge is 0.286 e. The van der Waals surface area contributed by atoms with Crippen LogP contribution in [0.2, 0.25) is 0 Å². The Labute approximate surface area is 157 Å². The van der Waals surface area contributed by atoms with Crippen molar-refractivity contribution >= 4 is 94.8 Å². The second-order valence-corrected chi connectivity index (χ2v) is 7.38. The Balaban J connectivity index is 0.00000162. The van der Waals surface area contributed by atoms with Crippen LogP contribution >= 0.6 is 23.1 Å². The summed E-state index contributed by atoms with van der Waals surface area (Å²) in [6.07, 6.45) is 0.430. The fourth-order valence-corrected chi connectivity index (χ4v) is 4.08. The summed E-state index contributed by atoms with van der Waals surface area (Å²) >= 11 is 3.11. The van der Waals surface area contributed by atoms with Crippen molar-refractivity contribution in [3.05, 3.63) is 24.3 Å². The summed E-state index contributed by atoms with van der Waals surface area (Å²) in [6, 6.07) is 7.87. The topological polar surface area (TPSA) is 67.3 Å². The minimum Gasteiger partial charge on any atom is -0.286 e. The third-order valence-electron chi connectivity index (χ3n) is 2.05. The third-order valence-corrected chi connectivity index (χ3v) is 5.12. The van der Waals surface area contributed by atoms with Gasteiger partial charge in [-0.1, -0.05) is 23.9 Å². The van der Waals surface area contributed by atoms with Gasteiger partial charge in [0.2, 0.25) is 0 Å². The van der Waals surface area contributed by atoms with Crippen LogP contribution in [0.5, 0.6) is 0 Å². The van der Waals surface area contributed by atoms with Gasteiger partial charge in [0, 0.05) is 57.1 Å². The Kier molecular flexibility index (Phi) is 7.30. The van der Waals surface area contributed by atoms with Gasteiger partial charge in [-0.2, -0.15) is 8.42 Å². The molecule has 0 aliphatic heterocycles. The first kappa shape index (κ1) is 17.1. The molecule has 0 amide bonds. The van der Waals surface area contributed by atoms with Crippen LogP contribution in [0.25, 0.3) is 10.2 Å². The molecule has 2 rings (SSSR count). The van der Waals surface area contributed by atoms with Crippen molar-refractivity contribution in [2.24, 2.45) is 0 Å². The summed E-state index contributed by atoms with van der Waals surface area (Å²) < 4.78 is 31.7. The van der Waals surface area contributed by atoms with Gasteiger partial charge in [0.1, 0.15) is 0 Å². The molecule has 1 aromatic heterocycles. The van der Waals surface area contributed by atoms with Gasteiger partial charge in [0.15, 0.2) is 4.34 Å². The Hall–Kier alpha value is 1.01. The normalized spacial score (nSPS) is 11.4. The summed E-state index contributed by atoms with van der Waals surface area (Å²) in [7, 11) is -3.83. The zero-order chi connectivity index (χ0) is 12.3. The van der Waals surface area contributed by atoms with E-state index in [1.807, 2.05) is 24.3 Å². The van der Waals surface area contributed by atoms with Gasteiger partial charge in [-0.05, 0) is 18.6 Å². The van der Waals surface area contributed by atoms with Crippen LogP contribution in [0.4, 0.5) is 0 Å². The fraction of sp³-hybridized carbons (Fsp3) is 0.300. The Bertz CT molecular complexity index is 579. The summed E-state index contributed by atoms with van der Waals surface area (Å²) in [4.78, 5) is 4.42. The number of benzene rings is 1. The molecular weight excluding hydrogens is 317 g/mol. The molecule has 1 N–H and O–H groups in total. The van der Waals surface area contributed by atoms with Crippen molar-refractivity contribution in [1.82, 2.24) is 4.98 Å². The van der Waals surface area contributed by atoms with E-state index in [4.69, 9.17) is 4.55 Å². The average molecular weight is 329 g/mol. The van der Waals surface area contributed by atoms with Crippen molar-refractivity contribution < 1.29 is 13.0 Å². The fourth-order valence-electron chi connectivity index (χ4n) is 1.31. The van der Waals surface area contributed by atoms with Crippen LogP contribution in [0, 0.1) is 0 Å². The molecule has 18 heavy (non-hydrogen) atoms. The van der Waals surface area contributed by atoms with E-state index in [0.717, 1.165) is 14.6 Å². The molecule has 8 heteroatoms. The zero-order valence-electron chi connectivity index (χ0n) is 9.87. The molecule has 93 valence electrons. The molecule has 0 aliphatic rings. The molecule has 1 radical (unpaired) electrons. The molecule has 4 nitrogen and oxygen atoms in total. The first-order valence-electron chi connectivity index (χ1n) is 4.98. The van der Waals surface area contributed by atoms with E-state index in [1.54, 1.807) is 11.3 Å². The summed E-state index contributed by atoms with van der Waals surface area (Å²) in [5.41, 5.74) is 0.967. The van der Waals surface area contributed by atoms with Crippen molar-refractivity contribution in [2.75, 3.05) is 11.5 Å². The number of hydrogen-bond acceptors (Lipinski definition) is 5. The van der Waals surface area contributed by atoms with Crippen LogP contribution in [0.15, 0.2) is 28.6 Å². The number of hydrogen-bond donors (Lipinski definition) is 1. The first-order valence-corrected chi connectivity index (χ1v) is 8.39. The van der Waals surface area contributed by atoms with Crippen LogP contribution in [0.3, 0.4) is 0 Å². The molecule has 0 fully saturated rings. The SMILES string of the molecule is O=S(=O)(O)CCCSc1nc2ccccc2s1.[K]. The molecule has 0 bridgehead atoms. The average Bonchev–Trinajstić information content (AvgIpc) is 2.65. The molecule has 0 unspecified atom stereocenters. The zero-order valence-corrected chi connectivity index (χ0v) is 15.4. The van der Waals surface area contributed by atoms with Gasteiger partial charge in [-0.25, -0.2) is 4.98 Å². The summed E-state index contributed by atoms with van der Waals surface area (Å²) in [5, 5.41) is 0. The first-order chi connectivity index (χ1) is 8.04. The van der Waals surface area contributed by atoms with Gasteiger partial charge >= 0.3 is 0 Å². The summed E-state index contributed by atoms with van der Waals surface area (Å²) in [5.74, 6) is 0.449. The van der Waals surface area contributed by atoms with Crippen LogP contribution in [-0.2, 0) is 10.1 Å². The number of nitrogens with zero attached hydrogens (tertiary/aromatic N) is 1. The Morgan fingerprint density at radius 2 is 2.06 bits per heavy atom. The molecule has 1 heterocycles. The minimum absolute atomic E-state index is 0. The van der Waals surface area contributed by atoms with Gasteiger partial charge < -0.3 is 0 Å². The van der Waals surface area contributed by atoms with E-state index >= 15 is 0 Å². The predicted octanol–water partition coefficient (Wildman–Crippen LogP) is 2.29. The predicted molar refractivity (Wildman–Crippen MR) is 77.1 cm³/mol. The second-order valence-electron chi connectivity index (χ2n) is 3.44. The summed E-state index contributed by atoms with van der Waals surface area (Å²) in [6.45, 7) is 0. The molecule has 2 aromatic rings. The van der Waals surface area contributed by atoms with E-state index in [1.165, 1.54) is 11.8 Å². The van der Waals surface area contributed by atoms with E-state index < -0.39 is 10.1 Å². The van der Waals surface area contributed by atoms with Crippen molar-refractivity contribution in [2.45, 2.75) is 10.8 Å². The molecule has 0 spiro atoms. The maximum absolute atomic E-state index is 10.5. The van der Waals surface area contributed by atoms with Crippen LogP contribution in [-0.4, -0.2) is 80.8 Å². The molecular formula is C10H11KNO3S3. The van der Waals surface area contributed by atoms with E-state index in [9.17, 15) is 8.42 Å². The third kappa shape index (κ3) is 5.55. The minimum atomic E-state index is -3.83. The number of para-hydroxylation sites is 1. The number of thioether (sulfide) groups is 1. The quantitative estimate of drug-likeness (QED) is 0.395. The van der Waals surface area contributed by atoms with Crippen molar-refractivity contribution in [1.29, 1.82) is 0 Å². The van der Waals surface area contributed by atoms with Gasteiger partial charge in [0.05, 0.1) is 16.0 Å².